The highest BCUT2D eigenvalue weighted by Gasteiger charge is 2.25. The van der Waals surface area contributed by atoms with Crippen molar-refractivity contribution >= 4 is 11.6 Å². The lowest BCUT2D eigenvalue weighted by Crippen LogP contribution is -2.40. The first-order valence-corrected chi connectivity index (χ1v) is 7.70. The highest BCUT2D eigenvalue weighted by molar-refractivity contribution is 5.79. The highest BCUT2D eigenvalue weighted by Crippen LogP contribution is 2.29. The van der Waals surface area contributed by atoms with Gasteiger partial charge in [0.15, 0.2) is 0 Å². The molecular weight excluding hydrogens is 248 g/mol. The predicted molar refractivity (Wildman–Crippen MR) is 83.4 cm³/mol. The van der Waals surface area contributed by atoms with Gasteiger partial charge in [-0.2, -0.15) is 0 Å². The Bertz CT molecular complexity index is 433. The minimum Gasteiger partial charge on any atom is -0.399 e. The van der Waals surface area contributed by atoms with Crippen molar-refractivity contribution in [3.05, 3.63) is 29.8 Å². The number of amides is 1. The van der Waals surface area contributed by atoms with E-state index in [1.54, 1.807) is 0 Å². The van der Waals surface area contributed by atoms with E-state index in [1.165, 1.54) is 19.3 Å². The molecule has 1 aliphatic rings. The summed E-state index contributed by atoms with van der Waals surface area (Å²) in [7, 11) is 1.95. The lowest BCUT2D eigenvalue weighted by molar-refractivity contribution is -0.132. The summed E-state index contributed by atoms with van der Waals surface area (Å²) in [6.07, 6.45) is 6.59. The fraction of sp³-hybridized carbons (Fsp3) is 0.588. The van der Waals surface area contributed by atoms with Crippen LogP contribution in [-0.2, 0) is 11.2 Å². The summed E-state index contributed by atoms with van der Waals surface area (Å²) in [5, 5.41) is 0. The second-order valence-electron chi connectivity index (χ2n) is 6.01. The molecule has 0 aliphatic heterocycles. The number of rotatable bonds is 4. The number of nitrogens with zero attached hydrogens (tertiary/aromatic N) is 1. The summed E-state index contributed by atoms with van der Waals surface area (Å²) in [6, 6.07) is 8.02. The average Bonchev–Trinajstić information content (AvgIpc) is 2.49. The quantitative estimate of drug-likeness (QED) is 0.857. The molecule has 2 rings (SSSR count). The largest absolute Gasteiger partial charge is 0.399 e. The minimum atomic E-state index is 0.217. The Morgan fingerprint density at radius 1 is 1.20 bits per heavy atom. The van der Waals surface area contributed by atoms with Crippen molar-refractivity contribution in [1.29, 1.82) is 0 Å². The van der Waals surface area contributed by atoms with E-state index in [1.807, 2.05) is 36.2 Å². The summed E-state index contributed by atoms with van der Waals surface area (Å²) in [6.45, 7) is 2.26. The number of hydrogen-bond acceptors (Lipinski definition) is 2. The molecule has 1 aromatic carbocycles. The Hall–Kier alpha value is -1.51. The number of nitrogen functional groups attached to an aromatic ring is 1. The Labute approximate surface area is 122 Å². The molecule has 1 amide bonds. The first-order valence-electron chi connectivity index (χ1n) is 7.70. The smallest absolute Gasteiger partial charge is 0.226 e. The Morgan fingerprint density at radius 3 is 2.35 bits per heavy atom. The van der Waals surface area contributed by atoms with Crippen LogP contribution in [0.4, 0.5) is 5.69 Å². The third-order valence-electron chi connectivity index (χ3n) is 4.67. The molecule has 1 aliphatic carbocycles. The zero-order valence-corrected chi connectivity index (χ0v) is 12.6. The lowest BCUT2D eigenvalue weighted by atomic mass is 9.84. The number of hydrogen-bond donors (Lipinski definition) is 1. The molecular formula is C17H26N2O. The molecule has 0 radical (unpaired) electrons. The Kier molecular flexibility index (Phi) is 5.05. The molecule has 0 aromatic heterocycles. The van der Waals surface area contributed by atoms with Crippen molar-refractivity contribution in [2.75, 3.05) is 12.8 Å². The van der Waals surface area contributed by atoms with Gasteiger partial charge < -0.3 is 10.6 Å². The van der Waals surface area contributed by atoms with Crippen LogP contribution in [0.25, 0.3) is 0 Å². The number of carbonyl (C=O) groups is 1. The van der Waals surface area contributed by atoms with Crippen LogP contribution in [0.15, 0.2) is 24.3 Å². The first-order chi connectivity index (χ1) is 9.60. The van der Waals surface area contributed by atoms with Crippen molar-refractivity contribution in [3.63, 3.8) is 0 Å². The molecule has 0 unspecified atom stereocenters. The van der Waals surface area contributed by atoms with Crippen molar-refractivity contribution in [2.24, 2.45) is 5.92 Å². The predicted octanol–water partition coefficient (Wildman–Crippen LogP) is 3.24. The standard InChI is InChI=1S/C17H26N2O/c1-3-13-6-10-16(11-7-13)19(2)17(20)12-14-4-8-15(18)9-5-14/h4-5,8-9,13,16H,3,6-7,10-12,18H2,1-2H3. The molecule has 1 aromatic rings. The third-order valence-corrected chi connectivity index (χ3v) is 4.67. The van der Waals surface area contributed by atoms with Gasteiger partial charge in [-0.25, -0.2) is 0 Å². The highest BCUT2D eigenvalue weighted by atomic mass is 16.2. The topological polar surface area (TPSA) is 46.3 Å². The molecule has 3 heteroatoms. The number of benzene rings is 1. The van der Waals surface area contributed by atoms with Crippen molar-refractivity contribution in [1.82, 2.24) is 4.90 Å². The number of anilines is 1. The van der Waals surface area contributed by atoms with Gasteiger partial charge in [-0.05, 0) is 49.3 Å². The van der Waals surface area contributed by atoms with E-state index < -0.39 is 0 Å². The van der Waals surface area contributed by atoms with Gasteiger partial charge in [-0.1, -0.05) is 25.5 Å². The maximum Gasteiger partial charge on any atom is 0.226 e. The van der Waals surface area contributed by atoms with E-state index >= 15 is 0 Å². The second kappa shape index (κ2) is 6.78. The summed E-state index contributed by atoms with van der Waals surface area (Å²) < 4.78 is 0. The molecule has 0 bridgehead atoms. The van der Waals surface area contributed by atoms with E-state index in [9.17, 15) is 4.79 Å². The van der Waals surface area contributed by atoms with Gasteiger partial charge in [0.05, 0.1) is 6.42 Å². The first kappa shape index (κ1) is 14.9. The molecule has 1 fully saturated rings. The van der Waals surface area contributed by atoms with Gasteiger partial charge in [-0.15, -0.1) is 0 Å². The lowest BCUT2D eigenvalue weighted by Gasteiger charge is -2.34. The van der Waals surface area contributed by atoms with Crippen LogP contribution in [0.1, 0.15) is 44.6 Å². The van der Waals surface area contributed by atoms with Crippen molar-refractivity contribution in [3.8, 4) is 0 Å². The average molecular weight is 274 g/mol. The van der Waals surface area contributed by atoms with E-state index in [-0.39, 0.29) is 5.91 Å². The SMILES string of the molecule is CCC1CCC(N(C)C(=O)Cc2ccc(N)cc2)CC1. The van der Waals surface area contributed by atoms with Gasteiger partial charge in [0.1, 0.15) is 0 Å². The van der Waals surface area contributed by atoms with Gasteiger partial charge in [-0.3, -0.25) is 4.79 Å². The maximum absolute atomic E-state index is 12.3. The second-order valence-corrected chi connectivity index (χ2v) is 6.01. The molecule has 2 N–H and O–H groups in total. The molecule has 0 saturated heterocycles. The van der Waals surface area contributed by atoms with Crippen LogP contribution in [-0.4, -0.2) is 23.9 Å². The molecule has 0 spiro atoms. The molecule has 3 nitrogen and oxygen atoms in total. The Morgan fingerprint density at radius 2 is 1.80 bits per heavy atom. The number of nitrogens with two attached hydrogens (primary N) is 1. The van der Waals surface area contributed by atoms with Gasteiger partial charge in [0, 0.05) is 18.8 Å². The van der Waals surface area contributed by atoms with Crippen LogP contribution in [0, 0.1) is 5.92 Å². The summed E-state index contributed by atoms with van der Waals surface area (Å²) in [5.74, 6) is 1.08. The summed E-state index contributed by atoms with van der Waals surface area (Å²) >= 11 is 0. The summed E-state index contributed by atoms with van der Waals surface area (Å²) in [5.41, 5.74) is 7.45. The zero-order chi connectivity index (χ0) is 14.5. The van der Waals surface area contributed by atoms with Crippen LogP contribution < -0.4 is 5.73 Å². The van der Waals surface area contributed by atoms with E-state index in [4.69, 9.17) is 5.73 Å². The monoisotopic (exact) mass is 274 g/mol. The van der Waals surface area contributed by atoms with Crippen molar-refractivity contribution in [2.45, 2.75) is 51.5 Å². The fourth-order valence-corrected chi connectivity index (χ4v) is 3.08. The van der Waals surface area contributed by atoms with Gasteiger partial charge in [0.2, 0.25) is 5.91 Å². The van der Waals surface area contributed by atoms with Crippen LogP contribution in [0.5, 0.6) is 0 Å². The van der Waals surface area contributed by atoms with E-state index in [2.05, 4.69) is 6.92 Å². The molecule has 20 heavy (non-hydrogen) atoms. The minimum absolute atomic E-state index is 0.217. The molecule has 0 heterocycles. The molecule has 0 atom stereocenters. The van der Waals surface area contributed by atoms with Gasteiger partial charge >= 0.3 is 0 Å². The molecule has 110 valence electrons. The fourth-order valence-electron chi connectivity index (χ4n) is 3.08. The van der Waals surface area contributed by atoms with Crippen LogP contribution >= 0.6 is 0 Å². The molecule has 1 saturated carbocycles. The number of likely N-dealkylation sites (N-methyl/N-ethyl adjacent to an activating group) is 1. The third kappa shape index (κ3) is 3.75. The Balaban J connectivity index is 1.87. The zero-order valence-electron chi connectivity index (χ0n) is 12.6. The van der Waals surface area contributed by atoms with Gasteiger partial charge in [0.25, 0.3) is 0 Å². The van der Waals surface area contributed by atoms with Crippen LogP contribution in [0.2, 0.25) is 0 Å². The van der Waals surface area contributed by atoms with Crippen molar-refractivity contribution < 1.29 is 4.79 Å². The number of carbonyl (C=O) groups excluding carboxylic acids is 1. The van der Waals surface area contributed by atoms with E-state index in [0.717, 1.165) is 30.0 Å². The normalized spacial score (nSPS) is 22.5. The maximum atomic E-state index is 12.3. The van der Waals surface area contributed by atoms with Crippen LogP contribution in [0.3, 0.4) is 0 Å². The van der Waals surface area contributed by atoms with E-state index in [0.29, 0.717) is 12.5 Å². The summed E-state index contributed by atoms with van der Waals surface area (Å²) in [4.78, 5) is 14.3.